The van der Waals surface area contributed by atoms with Crippen LogP contribution in [0.15, 0.2) is 24.3 Å². The lowest BCUT2D eigenvalue weighted by atomic mass is 10.3. The van der Waals surface area contributed by atoms with Gasteiger partial charge in [0.1, 0.15) is 12.4 Å². The molecule has 0 aliphatic rings. The number of nitrogens with zero attached hydrogens (tertiary/aromatic N) is 1. The summed E-state index contributed by atoms with van der Waals surface area (Å²) in [5.41, 5.74) is 6.35. The van der Waals surface area contributed by atoms with E-state index in [1.807, 2.05) is 26.2 Å². The van der Waals surface area contributed by atoms with Crippen LogP contribution in [0.4, 0.5) is 5.69 Å². The number of hydrogen-bond donors (Lipinski definition) is 1. The van der Waals surface area contributed by atoms with E-state index in [0.717, 1.165) is 12.3 Å². The zero-order chi connectivity index (χ0) is 35.1. The summed E-state index contributed by atoms with van der Waals surface area (Å²) in [5, 5.41) is 0. The molecule has 1 aromatic carbocycles. The fraction of sp³-hybridized carbons (Fsp3) is 0.824. The molecule has 0 bridgehead atoms. The zero-order valence-electron chi connectivity index (χ0n) is 30.0. The van der Waals surface area contributed by atoms with Gasteiger partial charge in [0.05, 0.1) is 159 Å². The average molecular weight is 709 g/mol. The van der Waals surface area contributed by atoms with Gasteiger partial charge in [0.2, 0.25) is 0 Å². The first-order valence-electron chi connectivity index (χ1n) is 17.2. The first-order chi connectivity index (χ1) is 24.2. The van der Waals surface area contributed by atoms with Crippen LogP contribution in [0.5, 0.6) is 5.75 Å². The van der Waals surface area contributed by atoms with Crippen LogP contribution < -0.4 is 10.5 Å². The second kappa shape index (κ2) is 37.6. The van der Waals surface area contributed by atoms with Gasteiger partial charge in [-0.15, -0.1) is 0 Å². The normalized spacial score (nSPS) is 11.6. The molecule has 0 unspecified atom stereocenters. The van der Waals surface area contributed by atoms with Crippen LogP contribution in [-0.2, 0) is 56.8 Å². The summed E-state index contributed by atoms with van der Waals surface area (Å²) in [5.74, 6) is 0.771. The van der Waals surface area contributed by atoms with E-state index in [0.29, 0.717) is 171 Å². The molecule has 0 saturated heterocycles. The Morgan fingerprint density at radius 3 is 0.816 bits per heavy atom. The molecular formula is C34H64N2O13. The van der Waals surface area contributed by atoms with Crippen molar-refractivity contribution in [2.24, 2.45) is 0 Å². The van der Waals surface area contributed by atoms with Gasteiger partial charge in [-0.05, 0) is 38.4 Å². The standard InChI is InChI=1S/C34H64N2O13/c1-36(2)7-8-37-9-10-38-11-12-39-13-14-40-15-16-41-17-18-42-19-20-43-21-22-44-23-24-45-25-26-46-27-28-47-29-30-48-31-32-49-34-5-3-33(35)4-6-34/h3-6H,7-32,35H2,1-2H3. The Morgan fingerprint density at radius 1 is 0.347 bits per heavy atom. The number of rotatable bonds is 40. The number of ether oxygens (including phenoxy) is 13. The minimum atomic E-state index is 0.475. The first kappa shape index (κ1) is 45.3. The van der Waals surface area contributed by atoms with E-state index in [1.54, 1.807) is 12.1 Å². The molecule has 0 atom stereocenters. The summed E-state index contributed by atoms with van der Waals surface area (Å²) in [6, 6.07) is 7.27. The number of benzene rings is 1. The van der Waals surface area contributed by atoms with E-state index in [2.05, 4.69) is 4.90 Å². The van der Waals surface area contributed by atoms with E-state index in [4.69, 9.17) is 67.3 Å². The molecule has 15 nitrogen and oxygen atoms in total. The van der Waals surface area contributed by atoms with E-state index in [-0.39, 0.29) is 0 Å². The third-order valence-corrected chi connectivity index (χ3v) is 6.15. The van der Waals surface area contributed by atoms with Crippen molar-refractivity contribution in [3.63, 3.8) is 0 Å². The van der Waals surface area contributed by atoms with Crippen molar-refractivity contribution in [3.8, 4) is 5.75 Å². The third kappa shape index (κ3) is 35.9. The molecule has 2 N–H and O–H groups in total. The highest BCUT2D eigenvalue weighted by Crippen LogP contribution is 2.12. The molecule has 0 heterocycles. The molecule has 0 aliphatic carbocycles. The lowest BCUT2D eigenvalue weighted by Gasteiger charge is -2.10. The minimum Gasteiger partial charge on any atom is -0.491 e. The molecule has 0 aromatic heterocycles. The fourth-order valence-corrected chi connectivity index (χ4v) is 3.55. The van der Waals surface area contributed by atoms with Crippen molar-refractivity contribution in [2.75, 3.05) is 192 Å². The van der Waals surface area contributed by atoms with Gasteiger partial charge in [-0.25, -0.2) is 0 Å². The molecule has 0 spiro atoms. The quantitative estimate of drug-likeness (QED) is 0.0773. The maximum Gasteiger partial charge on any atom is 0.119 e. The van der Waals surface area contributed by atoms with Crippen LogP contribution in [0.2, 0.25) is 0 Å². The Kier molecular flexibility index (Phi) is 34.7. The van der Waals surface area contributed by atoms with Crippen molar-refractivity contribution >= 4 is 5.69 Å². The number of anilines is 1. The second-order valence-corrected chi connectivity index (χ2v) is 10.6. The summed E-state index contributed by atoms with van der Waals surface area (Å²) >= 11 is 0. The maximum absolute atomic E-state index is 5.64. The molecule has 49 heavy (non-hydrogen) atoms. The molecular weight excluding hydrogens is 644 g/mol. The van der Waals surface area contributed by atoms with Gasteiger partial charge in [0.15, 0.2) is 0 Å². The third-order valence-electron chi connectivity index (χ3n) is 6.15. The monoisotopic (exact) mass is 708 g/mol. The van der Waals surface area contributed by atoms with Crippen molar-refractivity contribution in [1.82, 2.24) is 4.90 Å². The molecule has 0 radical (unpaired) electrons. The molecule has 288 valence electrons. The van der Waals surface area contributed by atoms with Crippen LogP contribution in [0.3, 0.4) is 0 Å². The molecule has 1 aromatic rings. The first-order valence-corrected chi connectivity index (χ1v) is 17.2. The highest BCUT2D eigenvalue weighted by molar-refractivity contribution is 5.41. The molecule has 1 rings (SSSR count). The predicted molar refractivity (Wildman–Crippen MR) is 185 cm³/mol. The van der Waals surface area contributed by atoms with Gasteiger partial charge in [-0.3, -0.25) is 0 Å². The molecule has 0 amide bonds. The summed E-state index contributed by atoms with van der Waals surface area (Å²) in [6.07, 6.45) is 0. The molecule has 0 fully saturated rings. The Labute approximate surface area is 293 Å². The van der Waals surface area contributed by atoms with Crippen molar-refractivity contribution in [1.29, 1.82) is 0 Å². The summed E-state index contributed by atoms with van der Waals surface area (Å²) < 4.78 is 71.3. The van der Waals surface area contributed by atoms with Crippen LogP contribution in [0, 0.1) is 0 Å². The zero-order valence-corrected chi connectivity index (χ0v) is 30.0. The topological polar surface area (TPSA) is 149 Å². The Morgan fingerprint density at radius 2 is 0.571 bits per heavy atom. The smallest absolute Gasteiger partial charge is 0.119 e. The van der Waals surface area contributed by atoms with Crippen LogP contribution in [-0.4, -0.2) is 191 Å². The fourth-order valence-electron chi connectivity index (χ4n) is 3.55. The molecule has 15 heteroatoms. The van der Waals surface area contributed by atoms with E-state index in [1.165, 1.54) is 0 Å². The van der Waals surface area contributed by atoms with Gasteiger partial charge in [-0.1, -0.05) is 0 Å². The number of nitrogens with two attached hydrogens (primary N) is 1. The predicted octanol–water partition coefficient (Wildman–Crippen LogP) is 1.41. The lowest BCUT2D eigenvalue weighted by Crippen LogP contribution is -2.19. The Hall–Kier alpha value is -1.70. The van der Waals surface area contributed by atoms with Crippen LogP contribution >= 0.6 is 0 Å². The van der Waals surface area contributed by atoms with Gasteiger partial charge in [0.25, 0.3) is 0 Å². The average Bonchev–Trinajstić information content (AvgIpc) is 3.10. The maximum atomic E-state index is 5.64. The van der Waals surface area contributed by atoms with Crippen LogP contribution in [0.25, 0.3) is 0 Å². The van der Waals surface area contributed by atoms with Crippen molar-refractivity contribution in [3.05, 3.63) is 24.3 Å². The van der Waals surface area contributed by atoms with Gasteiger partial charge in [-0.2, -0.15) is 0 Å². The minimum absolute atomic E-state index is 0.475. The summed E-state index contributed by atoms with van der Waals surface area (Å²) in [4.78, 5) is 2.08. The van der Waals surface area contributed by atoms with E-state index in [9.17, 15) is 0 Å². The van der Waals surface area contributed by atoms with E-state index < -0.39 is 0 Å². The number of nitrogen functional groups attached to an aromatic ring is 1. The van der Waals surface area contributed by atoms with Crippen molar-refractivity contribution < 1.29 is 61.6 Å². The van der Waals surface area contributed by atoms with Gasteiger partial charge in [0, 0.05) is 12.2 Å². The Bertz CT molecular complexity index is 781. The molecule has 0 aliphatic heterocycles. The lowest BCUT2D eigenvalue weighted by molar-refractivity contribution is -0.0286. The van der Waals surface area contributed by atoms with Crippen molar-refractivity contribution in [2.45, 2.75) is 0 Å². The SMILES string of the molecule is CN(C)CCOCCOCCOCCOCCOCCOCCOCCOCCOCCOCCOCCOCCOc1ccc(N)cc1. The molecule has 0 saturated carbocycles. The van der Waals surface area contributed by atoms with Gasteiger partial charge < -0.3 is 72.2 Å². The highest BCUT2D eigenvalue weighted by atomic mass is 16.6. The van der Waals surface area contributed by atoms with E-state index >= 15 is 0 Å². The number of likely N-dealkylation sites (N-methyl/N-ethyl adjacent to an activating group) is 1. The Balaban J connectivity index is 1.61. The van der Waals surface area contributed by atoms with Crippen LogP contribution in [0.1, 0.15) is 0 Å². The summed E-state index contributed by atoms with van der Waals surface area (Å²) in [7, 11) is 4.04. The second-order valence-electron chi connectivity index (χ2n) is 10.6. The highest BCUT2D eigenvalue weighted by Gasteiger charge is 1.98. The summed E-state index contributed by atoms with van der Waals surface area (Å²) in [6.45, 7) is 14.0. The largest absolute Gasteiger partial charge is 0.491 e. The van der Waals surface area contributed by atoms with Gasteiger partial charge >= 0.3 is 0 Å². The number of hydrogen-bond acceptors (Lipinski definition) is 15.